The standard InChI is InChI=1S/C14H20O3/c1-3-11-17-13-9-7-12(8-10-13)5-4-6-14(15)16-2/h7-10H,3-6,11H2,1-2H3. The van der Waals surface area contributed by atoms with Crippen LogP contribution in [-0.2, 0) is 16.0 Å². The highest BCUT2D eigenvalue weighted by Crippen LogP contribution is 2.14. The third kappa shape index (κ3) is 5.38. The van der Waals surface area contributed by atoms with Crippen molar-refractivity contribution >= 4 is 5.97 Å². The minimum absolute atomic E-state index is 0.145. The summed E-state index contributed by atoms with van der Waals surface area (Å²) in [5, 5.41) is 0. The van der Waals surface area contributed by atoms with Crippen LogP contribution in [0.4, 0.5) is 0 Å². The Balaban J connectivity index is 2.32. The smallest absolute Gasteiger partial charge is 0.305 e. The van der Waals surface area contributed by atoms with Gasteiger partial charge in [0.1, 0.15) is 5.75 Å². The van der Waals surface area contributed by atoms with E-state index < -0.39 is 0 Å². The minimum atomic E-state index is -0.145. The van der Waals surface area contributed by atoms with Crippen LogP contribution in [0.2, 0.25) is 0 Å². The fourth-order valence-corrected chi connectivity index (χ4v) is 1.51. The lowest BCUT2D eigenvalue weighted by molar-refractivity contribution is -0.140. The summed E-state index contributed by atoms with van der Waals surface area (Å²) >= 11 is 0. The Labute approximate surface area is 103 Å². The molecular formula is C14H20O3. The van der Waals surface area contributed by atoms with Crippen LogP contribution in [0.1, 0.15) is 31.7 Å². The topological polar surface area (TPSA) is 35.5 Å². The van der Waals surface area contributed by atoms with Crippen molar-refractivity contribution in [2.75, 3.05) is 13.7 Å². The Hall–Kier alpha value is -1.51. The summed E-state index contributed by atoms with van der Waals surface area (Å²) in [6, 6.07) is 8.04. The molecule has 0 atom stereocenters. The zero-order valence-electron chi connectivity index (χ0n) is 10.6. The average Bonchev–Trinajstić information content (AvgIpc) is 2.37. The molecule has 1 aromatic rings. The lowest BCUT2D eigenvalue weighted by atomic mass is 10.1. The fourth-order valence-electron chi connectivity index (χ4n) is 1.51. The van der Waals surface area contributed by atoms with Crippen LogP contribution in [0.15, 0.2) is 24.3 Å². The van der Waals surface area contributed by atoms with Crippen molar-refractivity contribution in [3.63, 3.8) is 0 Å². The molecule has 1 rings (SSSR count). The molecule has 94 valence electrons. The van der Waals surface area contributed by atoms with Crippen molar-refractivity contribution in [1.29, 1.82) is 0 Å². The molecule has 0 saturated heterocycles. The summed E-state index contributed by atoms with van der Waals surface area (Å²) < 4.78 is 10.1. The molecule has 0 bridgehead atoms. The third-order valence-electron chi connectivity index (χ3n) is 2.47. The molecule has 0 radical (unpaired) electrons. The Kier molecular flexibility index (Phi) is 6.15. The number of ether oxygens (including phenoxy) is 2. The Bertz CT molecular complexity index is 330. The van der Waals surface area contributed by atoms with Gasteiger partial charge in [0.15, 0.2) is 0 Å². The quantitative estimate of drug-likeness (QED) is 0.683. The molecule has 3 heteroatoms. The van der Waals surface area contributed by atoms with Gasteiger partial charge < -0.3 is 9.47 Å². The van der Waals surface area contributed by atoms with Crippen LogP contribution in [0, 0.1) is 0 Å². The van der Waals surface area contributed by atoms with Gasteiger partial charge in [0.2, 0.25) is 0 Å². The third-order valence-corrected chi connectivity index (χ3v) is 2.47. The molecule has 0 fully saturated rings. The van der Waals surface area contributed by atoms with E-state index in [0.717, 1.165) is 31.6 Å². The first-order valence-electron chi connectivity index (χ1n) is 6.04. The van der Waals surface area contributed by atoms with Gasteiger partial charge in [-0.2, -0.15) is 0 Å². The van der Waals surface area contributed by atoms with E-state index in [4.69, 9.17) is 4.74 Å². The number of aryl methyl sites for hydroxylation is 1. The number of carbonyl (C=O) groups is 1. The zero-order valence-corrected chi connectivity index (χ0v) is 10.6. The molecular weight excluding hydrogens is 216 g/mol. The molecule has 0 amide bonds. The number of rotatable bonds is 7. The first-order chi connectivity index (χ1) is 8.26. The zero-order chi connectivity index (χ0) is 12.5. The summed E-state index contributed by atoms with van der Waals surface area (Å²) in [4.78, 5) is 10.9. The van der Waals surface area contributed by atoms with E-state index in [1.807, 2.05) is 24.3 Å². The van der Waals surface area contributed by atoms with E-state index in [-0.39, 0.29) is 5.97 Å². The van der Waals surface area contributed by atoms with E-state index >= 15 is 0 Å². The molecule has 1 aromatic carbocycles. The van der Waals surface area contributed by atoms with Crippen LogP contribution >= 0.6 is 0 Å². The van der Waals surface area contributed by atoms with Crippen LogP contribution in [-0.4, -0.2) is 19.7 Å². The second kappa shape index (κ2) is 7.71. The lowest BCUT2D eigenvalue weighted by Crippen LogP contribution is -2.00. The first-order valence-corrected chi connectivity index (χ1v) is 6.04. The van der Waals surface area contributed by atoms with Crippen molar-refractivity contribution in [2.45, 2.75) is 32.6 Å². The summed E-state index contributed by atoms with van der Waals surface area (Å²) in [5.74, 6) is 0.761. The van der Waals surface area contributed by atoms with Gasteiger partial charge in [0.25, 0.3) is 0 Å². The summed E-state index contributed by atoms with van der Waals surface area (Å²) in [7, 11) is 1.42. The molecule has 0 aromatic heterocycles. The summed E-state index contributed by atoms with van der Waals surface area (Å²) in [6.45, 7) is 2.84. The van der Waals surface area contributed by atoms with Gasteiger partial charge in [-0.25, -0.2) is 0 Å². The molecule has 17 heavy (non-hydrogen) atoms. The molecule has 0 heterocycles. The van der Waals surface area contributed by atoms with Crippen molar-refractivity contribution in [3.8, 4) is 5.75 Å². The maximum Gasteiger partial charge on any atom is 0.305 e. The molecule has 0 aliphatic rings. The molecule has 3 nitrogen and oxygen atoms in total. The molecule has 0 saturated carbocycles. The molecule has 0 spiro atoms. The van der Waals surface area contributed by atoms with E-state index in [1.165, 1.54) is 12.7 Å². The average molecular weight is 236 g/mol. The van der Waals surface area contributed by atoms with E-state index in [2.05, 4.69) is 11.7 Å². The number of esters is 1. The van der Waals surface area contributed by atoms with Crippen molar-refractivity contribution in [2.24, 2.45) is 0 Å². The maximum absolute atomic E-state index is 10.9. The van der Waals surface area contributed by atoms with Gasteiger partial charge in [-0.1, -0.05) is 19.1 Å². The monoisotopic (exact) mass is 236 g/mol. The molecule has 0 N–H and O–H groups in total. The largest absolute Gasteiger partial charge is 0.494 e. The van der Waals surface area contributed by atoms with Gasteiger partial charge in [0, 0.05) is 6.42 Å². The van der Waals surface area contributed by atoms with Crippen LogP contribution < -0.4 is 4.74 Å². The minimum Gasteiger partial charge on any atom is -0.494 e. The summed E-state index contributed by atoms with van der Waals surface area (Å²) in [5.41, 5.74) is 1.22. The van der Waals surface area contributed by atoms with Crippen LogP contribution in [0.25, 0.3) is 0 Å². The summed E-state index contributed by atoms with van der Waals surface area (Å²) in [6.07, 6.45) is 3.20. The van der Waals surface area contributed by atoms with Gasteiger partial charge in [-0.15, -0.1) is 0 Å². The lowest BCUT2D eigenvalue weighted by Gasteiger charge is -2.05. The number of hydrogen-bond donors (Lipinski definition) is 0. The molecule has 0 aliphatic carbocycles. The first kappa shape index (κ1) is 13.6. The van der Waals surface area contributed by atoms with E-state index in [9.17, 15) is 4.79 Å². The maximum atomic E-state index is 10.9. The Morgan fingerprint density at radius 2 is 1.94 bits per heavy atom. The number of hydrogen-bond acceptors (Lipinski definition) is 3. The highest BCUT2D eigenvalue weighted by atomic mass is 16.5. The van der Waals surface area contributed by atoms with Crippen LogP contribution in [0.5, 0.6) is 5.75 Å². The van der Waals surface area contributed by atoms with Gasteiger partial charge in [-0.05, 0) is 37.0 Å². The van der Waals surface area contributed by atoms with Gasteiger partial charge in [-0.3, -0.25) is 4.79 Å². The highest BCUT2D eigenvalue weighted by Gasteiger charge is 2.00. The SMILES string of the molecule is CCCOc1ccc(CCCC(=O)OC)cc1. The van der Waals surface area contributed by atoms with Crippen molar-refractivity contribution in [3.05, 3.63) is 29.8 Å². The Morgan fingerprint density at radius 1 is 1.24 bits per heavy atom. The van der Waals surface area contributed by atoms with Crippen molar-refractivity contribution in [1.82, 2.24) is 0 Å². The second-order valence-electron chi connectivity index (χ2n) is 3.92. The van der Waals surface area contributed by atoms with Gasteiger partial charge >= 0.3 is 5.97 Å². The normalized spacial score (nSPS) is 10.0. The Morgan fingerprint density at radius 3 is 2.53 bits per heavy atom. The van der Waals surface area contributed by atoms with Gasteiger partial charge in [0.05, 0.1) is 13.7 Å². The molecule has 0 aliphatic heterocycles. The predicted molar refractivity (Wildman–Crippen MR) is 67.2 cm³/mol. The molecule has 0 unspecified atom stereocenters. The fraction of sp³-hybridized carbons (Fsp3) is 0.500. The predicted octanol–water partition coefficient (Wildman–Crippen LogP) is 2.97. The van der Waals surface area contributed by atoms with Crippen molar-refractivity contribution < 1.29 is 14.3 Å². The number of carbonyl (C=O) groups excluding carboxylic acids is 1. The van der Waals surface area contributed by atoms with E-state index in [1.54, 1.807) is 0 Å². The number of benzene rings is 1. The second-order valence-corrected chi connectivity index (χ2v) is 3.92. The number of methoxy groups -OCH3 is 1. The highest BCUT2D eigenvalue weighted by molar-refractivity contribution is 5.69. The van der Waals surface area contributed by atoms with Crippen LogP contribution in [0.3, 0.4) is 0 Å². The van der Waals surface area contributed by atoms with E-state index in [0.29, 0.717) is 6.42 Å².